The van der Waals surface area contributed by atoms with Crippen LogP contribution < -0.4 is 0 Å². The molecule has 0 fully saturated rings. The van der Waals surface area contributed by atoms with Gasteiger partial charge in [-0.1, -0.05) is 66.7 Å². The molecule has 5 rings (SSSR count). The van der Waals surface area contributed by atoms with E-state index in [4.69, 9.17) is 4.42 Å². The van der Waals surface area contributed by atoms with Crippen LogP contribution >= 0.6 is 0 Å². The average Bonchev–Trinajstić information content (AvgIpc) is 3.01. The number of benzene rings is 4. The number of hydrogen-bond donors (Lipinski definition) is 0. The molecule has 0 amide bonds. The average molecular weight is 308 g/mol. The summed E-state index contributed by atoms with van der Waals surface area (Å²) < 4.78 is 6.05. The maximum absolute atomic E-state index is 6.05. The van der Waals surface area contributed by atoms with Crippen molar-refractivity contribution in [1.29, 1.82) is 0 Å². The second-order valence-corrected chi connectivity index (χ2v) is 6.25. The Morgan fingerprint density at radius 1 is 0.542 bits per heavy atom. The molecule has 5 aromatic rings. The van der Waals surface area contributed by atoms with E-state index in [0.717, 1.165) is 11.2 Å². The summed E-state index contributed by atoms with van der Waals surface area (Å²) >= 11 is 0. The fraction of sp³-hybridized carbons (Fsp3) is 0.0435. The van der Waals surface area contributed by atoms with Crippen LogP contribution in [-0.4, -0.2) is 0 Å². The van der Waals surface area contributed by atoms with Gasteiger partial charge in [-0.25, -0.2) is 0 Å². The highest BCUT2D eigenvalue weighted by atomic mass is 16.3. The van der Waals surface area contributed by atoms with Crippen LogP contribution in [0, 0.1) is 6.92 Å². The lowest BCUT2D eigenvalue weighted by atomic mass is 9.93. The van der Waals surface area contributed by atoms with Gasteiger partial charge in [0.15, 0.2) is 0 Å². The van der Waals surface area contributed by atoms with Gasteiger partial charge < -0.3 is 4.42 Å². The highest BCUT2D eigenvalue weighted by Gasteiger charge is 2.14. The molecule has 0 aliphatic rings. The van der Waals surface area contributed by atoms with Crippen LogP contribution in [0.4, 0.5) is 0 Å². The van der Waals surface area contributed by atoms with Crippen molar-refractivity contribution in [1.82, 2.24) is 0 Å². The first-order valence-electron chi connectivity index (χ1n) is 8.22. The van der Waals surface area contributed by atoms with Gasteiger partial charge in [-0.3, -0.25) is 0 Å². The Balaban J connectivity index is 1.96. The molecular weight excluding hydrogens is 292 g/mol. The van der Waals surface area contributed by atoms with E-state index in [2.05, 4.69) is 73.7 Å². The first-order valence-corrected chi connectivity index (χ1v) is 8.22. The fourth-order valence-corrected chi connectivity index (χ4v) is 3.68. The first kappa shape index (κ1) is 13.4. The molecular formula is C23H16O. The standard InChI is InChI=1S/C23H16O/c1-15-13-14-18(17-8-3-2-7-16(15)17)19-10-6-12-22-23(19)20-9-4-5-11-21(20)24-22/h2-14H,1H3. The van der Waals surface area contributed by atoms with Gasteiger partial charge in [0, 0.05) is 10.8 Å². The van der Waals surface area contributed by atoms with Gasteiger partial charge in [-0.05, 0) is 46.5 Å². The van der Waals surface area contributed by atoms with Gasteiger partial charge in [-0.2, -0.15) is 0 Å². The van der Waals surface area contributed by atoms with Crippen LogP contribution in [0.3, 0.4) is 0 Å². The molecule has 1 nitrogen and oxygen atoms in total. The summed E-state index contributed by atoms with van der Waals surface area (Å²) in [5.41, 5.74) is 5.68. The molecule has 0 spiro atoms. The molecule has 1 aromatic heterocycles. The Bertz CT molecular complexity index is 1210. The Hall–Kier alpha value is -3.06. The quantitative estimate of drug-likeness (QED) is 0.335. The van der Waals surface area contributed by atoms with E-state index in [1.165, 1.54) is 38.2 Å². The molecule has 4 aromatic carbocycles. The molecule has 0 saturated carbocycles. The van der Waals surface area contributed by atoms with Crippen LogP contribution in [0.15, 0.2) is 83.3 Å². The molecule has 114 valence electrons. The van der Waals surface area contributed by atoms with E-state index in [-0.39, 0.29) is 0 Å². The monoisotopic (exact) mass is 308 g/mol. The number of rotatable bonds is 1. The van der Waals surface area contributed by atoms with E-state index >= 15 is 0 Å². The molecule has 0 aliphatic carbocycles. The van der Waals surface area contributed by atoms with Gasteiger partial charge >= 0.3 is 0 Å². The number of furan rings is 1. The summed E-state index contributed by atoms with van der Waals surface area (Å²) in [7, 11) is 0. The zero-order valence-electron chi connectivity index (χ0n) is 13.4. The zero-order valence-corrected chi connectivity index (χ0v) is 13.4. The van der Waals surface area contributed by atoms with Crippen molar-refractivity contribution in [2.45, 2.75) is 6.92 Å². The molecule has 0 aliphatic heterocycles. The van der Waals surface area contributed by atoms with Gasteiger partial charge in [0.05, 0.1) is 0 Å². The topological polar surface area (TPSA) is 13.1 Å². The fourth-order valence-electron chi connectivity index (χ4n) is 3.68. The minimum atomic E-state index is 0.941. The summed E-state index contributed by atoms with van der Waals surface area (Å²) in [5.74, 6) is 0. The summed E-state index contributed by atoms with van der Waals surface area (Å²) in [6, 6.07) is 27.6. The van der Waals surface area contributed by atoms with Crippen molar-refractivity contribution in [3.8, 4) is 11.1 Å². The lowest BCUT2D eigenvalue weighted by molar-refractivity contribution is 0.669. The van der Waals surface area contributed by atoms with Crippen LogP contribution in [0.25, 0.3) is 43.8 Å². The summed E-state index contributed by atoms with van der Waals surface area (Å²) in [6.07, 6.45) is 0. The Morgan fingerprint density at radius 2 is 1.25 bits per heavy atom. The van der Waals surface area contributed by atoms with Crippen LogP contribution in [0.2, 0.25) is 0 Å². The summed E-state index contributed by atoms with van der Waals surface area (Å²) in [5, 5.41) is 4.96. The normalized spacial score (nSPS) is 11.5. The molecule has 0 unspecified atom stereocenters. The molecule has 0 saturated heterocycles. The number of aryl methyl sites for hydroxylation is 1. The van der Waals surface area contributed by atoms with E-state index in [1.54, 1.807) is 0 Å². The largest absolute Gasteiger partial charge is 0.456 e. The summed E-state index contributed by atoms with van der Waals surface area (Å²) in [4.78, 5) is 0. The second-order valence-electron chi connectivity index (χ2n) is 6.25. The predicted molar refractivity (Wildman–Crippen MR) is 101 cm³/mol. The third-order valence-corrected chi connectivity index (χ3v) is 4.83. The minimum absolute atomic E-state index is 0.941. The van der Waals surface area contributed by atoms with Gasteiger partial charge in [0.2, 0.25) is 0 Å². The van der Waals surface area contributed by atoms with E-state index in [0.29, 0.717) is 0 Å². The lowest BCUT2D eigenvalue weighted by Gasteiger charge is -2.10. The van der Waals surface area contributed by atoms with Crippen LogP contribution in [0.1, 0.15) is 5.56 Å². The number of fused-ring (bicyclic) bond motifs is 4. The minimum Gasteiger partial charge on any atom is -0.456 e. The number of hydrogen-bond acceptors (Lipinski definition) is 1. The Morgan fingerprint density at radius 3 is 2.12 bits per heavy atom. The zero-order chi connectivity index (χ0) is 16.1. The molecule has 0 atom stereocenters. The Kier molecular flexibility index (Phi) is 2.77. The van der Waals surface area contributed by atoms with Gasteiger partial charge in [0.1, 0.15) is 11.2 Å². The van der Waals surface area contributed by atoms with Crippen molar-refractivity contribution < 1.29 is 4.42 Å². The molecule has 0 bridgehead atoms. The maximum Gasteiger partial charge on any atom is 0.136 e. The van der Waals surface area contributed by atoms with Gasteiger partial charge in [-0.15, -0.1) is 0 Å². The highest BCUT2D eigenvalue weighted by molar-refractivity contribution is 6.15. The van der Waals surface area contributed by atoms with E-state index in [1.807, 2.05) is 12.1 Å². The SMILES string of the molecule is Cc1ccc(-c2cccc3oc4ccccc4c23)c2ccccc12. The maximum atomic E-state index is 6.05. The molecule has 1 heteroatoms. The third-order valence-electron chi connectivity index (χ3n) is 4.83. The van der Waals surface area contributed by atoms with E-state index in [9.17, 15) is 0 Å². The van der Waals surface area contributed by atoms with E-state index < -0.39 is 0 Å². The van der Waals surface area contributed by atoms with Crippen LogP contribution in [-0.2, 0) is 0 Å². The molecule has 0 N–H and O–H groups in total. The Labute approximate surface area is 140 Å². The predicted octanol–water partition coefficient (Wildman–Crippen LogP) is 6.71. The van der Waals surface area contributed by atoms with Crippen molar-refractivity contribution in [2.24, 2.45) is 0 Å². The van der Waals surface area contributed by atoms with Crippen molar-refractivity contribution >= 4 is 32.7 Å². The smallest absolute Gasteiger partial charge is 0.136 e. The molecule has 0 radical (unpaired) electrons. The van der Waals surface area contributed by atoms with Crippen LogP contribution in [0.5, 0.6) is 0 Å². The summed E-state index contributed by atoms with van der Waals surface area (Å²) in [6.45, 7) is 2.17. The highest BCUT2D eigenvalue weighted by Crippen LogP contribution is 2.39. The van der Waals surface area contributed by atoms with Crippen molar-refractivity contribution in [3.05, 3.63) is 84.4 Å². The first-order chi connectivity index (χ1) is 11.8. The van der Waals surface area contributed by atoms with Crippen molar-refractivity contribution in [2.75, 3.05) is 0 Å². The van der Waals surface area contributed by atoms with Gasteiger partial charge in [0.25, 0.3) is 0 Å². The lowest BCUT2D eigenvalue weighted by Crippen LogP contribution is -1.85. The third kappa shape index (κ3) is 1.82. The van der Waals surface area contributed by atoms with Crippen molar-refractivity contribution in [3.63, 3.8) is 0 Å². The number of para-hydroxylation sites is 1. The second kappa shape index (κ2) is 4.97. The molecule has 1 heterocycles. The molecule has 24 heavy (non-hydrogen) atoms.